The smallest absolute Gasteiger partial charge is 0.217 e. The maximum absolute atomic E-state index is 10.8. The molecule has 0 aliphatic carbocycles. The molecule has 0 bridgehead atoms. The van der Waals surface area contributed by atoms with Gasteiger partial charge in [0.1, 0.15) is 0 Å². The Morgan fingerprint density at radius 3 is 2.86 bits per heavy atom. The van der Waals surface area contributed by atoms with E-state index in [2.05, 4.69) is 5.32 Å². The Balaban J connectivity index is 2.46. The van der Waals surface area contributed by atoms with Crippen LogP contribution in [0, 0.1) is 5.92 Å². The van der Waals surface area contributed by atoms with Gasteiger partial charge in [0.2, 0.25) is 5.91 Å². The number of rotatable bonds is 2. The molecule has 14 heavy (non-hydrogen) atoms. The van der Waals surface area contributed by atoms with E-state index in [1.165, 1.54) is 6.92 Å². The van der Waals surface area contributed by atoms with E-state index in [-0.39, 0.29) is 24.5 Å². The summed E-state index contributed by atoms with van der Waals surface area (Å²) in [6.07, 6.45) is -0.176. The number of carbonyl (C=O) groups is 1. The first-order valence-corrected chi connectivity index (χ1v) is 4.77. The molecular weight excluding hydrogens is 186 g/mol. The lowest BCUT2D eigenvalue weighted by Crippen LogP contribution is -2.38. The number of aliphatic hydroxyl groups excluding tert-OH is 2. The zero-order chi connectivity index (χ0) is 10.6. The van der Waals surface area contributed by atoms with Gasteiger partial charge < -0.3 is 20.3 Å². The van der Waals surface area contributed by atoms with E-state index in [4.69, 9.17) is 9.84 Å². The molecule has 5 nitrogen and oxygen atoms in total. The van der Waals surface area contributed by atoms with Crippen LogP contribution in [0.3, 0.4) is 0 Å². The van der Waals surface area contributed by atoms with Crippen LogP contribution in [0.5, 0.6) is 0 Å². The minimum atomic E-state index is -0.612. The molecule has 1 rings (SSSR count). The molecule has 0 saturated carbocycles. The largest absolute Gasteiger partial charge is 0.396 e. The molecule has 1 aliphatic heterocycles. The average molecular weight is 203 g/mol. The third kappa shape index (κ3) is 3.25. The minimum Gasteiger partial charge on any atom is -0.396 e. The van der Waals surface area contributed by atoms with Crippen molar-refractivity contribution in [1.82, 2.24) is 5.32 Å². The van der Waals surface area contributed by atoms with Crippen molar-refractivity contribution in [3.8, 4) is 0 Å². The molecule has 1 aliphatic rings. The maximum Gasteiger partial charge on any atom is 0.217 e. The number of hydrogen-bond acceptors (Lipinski definition) is 4. The Morgan fingerprint density at radius 2 is 2.29 bits per heavy atom. The van der Waals surface area contributed by atoms with Crippen molar-refractivity contribution < 1.29 is 19.7 Å². The molecule has 1 heterocycles. The molecule has 3 atom stereocenters. The predicted molar refractivity (Wildman–Crippen MR) is 49.6 cm³/mol. The first kappa shape index (κ1) is 11.4. The van der Waals surface area contributed by atoms with Crippen molar-refractivity contribution in [2.45, 2.75) is 25.5 Å². The van der Waals surface area contributed by atoms with Crippen LogP contribution in [0.2, 0.25) is 0 Å². The zero-order valence-corrected chi connectivity index (χ0v) is 8.27. The van der Waals surface area contributed by atoms with Gasteiger partial charge in [0.15, 0.2) is 0 Å². The highest BCUT2D eigenvalue weighted by atomic mass is 16.5. The topological polar surface area (TPSA) is 78.8 Å². The summed E-state index contributed by atoms with van der Waals surface area (Å²) in [6, 6.07) is -0.154. The maximum atomic E-state index is 10.8. The lowest BCUT2D eigenvalue weighted by Gasteiger charge is -2.19. The molecule has 82 valence electrons. The number of carbonyl (C=O) groups excluding carboxylic acids is 1. The highest BCUT2D eigenvalue weighted by Gasteiger charge is 2.27. The molecule has 5 heteroatoms. The minimum absolute atomic E-state index is 0.0893. The predicted octanol–water partition coefficient (Wildman–Crippen LogP) is -1.12. The summed E-state index contributed by atoms with van der Waals surface area (Å²) in [4.78, 5) is 10.8. The van der Waals surface area contributed by atoms with Crippen molar-refractivity contribution in [2.24, 2.45) is 5.92 Å². The second-order valence-electron chi connectivity index (χ2n) is 3.68. The van der Waals surface area contributed by atoms with Crippen LogP contribution in [0.1, 0.15) is 13.3 Å². The van der Waals surface area contributed by atoms with Crippen LogP contribution < -0.4 is 5.32 Å². The standard InChI is InChI=1S/C9H17NO4/c1-6(12)10-8-2-9(13)7(3-11)4-14-5-8/h7-9,11,13H,2-5H2,1H3,(H,10,12)/t7?,8?,9-/m0/s1. The molecule has 1 amide bonds. The quantitative estimate of drug-likeness (QED) is 0.531. The third-order valence-corrected chi connectivity index (χ3v) is 2.36. The van der Waals surface area contributed by atoms with Gasteiger partial charge in [0, 0.05) is 12.8 Å². The van der Waals surface area contributed by atoms with Crippen molar-refractivity contribution in [3.05, 3.63) is 0 Å². The van der Waals surface area contributed by atoms with E-state index in [0.717, 1.165) is 0 Å². The average Bonchev–Trinajstić information content (AvgIpc) is 2.25. The normalized spacial score (nSPS) is 33.5. The van der Waals surface area contributed by atoms with Crippen molar-refractivity contribution in [1.29, 1.82) is 0 Å². The fraction of sp³-hybridized carbons (Fsp3) is 0.889. The molecule has 2 unspecified atom stereocenters. The van der Waals surface area contributed by atoms with Gasteiger partial charge in [-0.1, -0.05) is 0 Å². The molecule has 1 saturated heterocycles. The van der Waals surface area contributed by atoms with Crippen LogP contribution in [-0.2, 0) is 9.53 Å². The van der Waals surface area contributed by atoms with E-state index in [1.807, 2.05) is 0 Å². The Morgan fingerprint density at radius 1 is 1.57 bits per heavy atom. The Bertz CT molecular complexity index is 197. The molecule has 0 radical (unpaired) electrons. The van der Waals surface area contributed by atoms with Gasteiger partial charge in [-0.3, -0.25) is 4.79 Å². The highest BCUT2D eigenvalue weighted by Crippen LogP contribution is 2.14. The number of aliphatic hydroxyl groups is 2. The summed E-state index contributed by atoms with van der Waals surface area (Å²) in [6.45, 7) is 2.08. The number of nitrogens with one attached hydrogen (secondary N) is 1. The second-order valence-corrected chi connectivity index (χ2v) is 3.68. The van der Waals surface area contributed by atoms with Gasteiger partial charge in [0.25, 0.3) is 0 Å². The molecule has 3 N–H and O–H groups in total. The summed E-state index contributed by atoms with van der Waals surface area (Å²) in [5.74, 6) is -0.373. The van der Waals surface area contributed by atoms with Gasteiger partial charge in [-0.25, -0.2) is 0 Å². The van der Waals surface area contributed by atoms with Crippen molar-refractivity contribution in [2.75, 3.05) is 19.8 Å². The highest BCUT2D eigenvalue weighted by molar-refractivity contribution is 5.73. The van der Waals surface area contributed by atoms with Crippen LogP contribution in [0.4, 0.5) is 0 Å². The van der Waals surface area contributed by atoms with Crippen molar-refractivity contribution >= 4 is 5.91 Å². The monoisotopic (exact) mass is 203 g/mol. The second kappa shape index (κ2) is 5.29. The summed E-state index contributed by atoms with van der Waals surface area (Å²) >= 11 is 0. The molecule has 0 aromatic rings. The summed E-state index contributed by atoms with van der Waals surface area (Å²) in [7, 11) is 0. The zero-order valence-electron chi connectivity index (χ0n) is 8.27. The summed E-state index contributed by atoms with van der Waals surface area (Å²) in [5, 5.41) is 21.3. The Hall–Kier alpha value is -0.650. The van der Waals surface area contributed by atoms with Gasteiger partial charge in [-0.15, -0.1) is 0 Å². The fourth-order valence-corrected chi connectivity index (χ4v) is 1.59. The van der Waals surface area contributed by atoms with Gasteiger partial charge in [0.05, 0.1) is 32.0 Å². The van der Waals surface area contributed by atoms with E-state index >= 15 is 0 Å². The van der Waals surface area contributed by atoms with E-state index in [9.17, 15) is 9.90 Å². The first-order valence-electron chi connectivity index (χ1n) is 4.77. The van der Waals surface area contributed by atoms with Crippen LogP contribution in [0.15, 0.2) is 0 Å². The lowest BCUT2D eigenvalue weighted by molar-refractivity contribution is -0.120. The Kier molecular flexibility index (Phi) is 4.31. The van der Waals surface area contributed by atoms with Gasteiger partial charge in [-0.05, 0) is 6.42 Å². The van der Waals surface area contributed by atoms with Gasteiger partial charge >= 0.3 is 0 Å². The SMILES string of the molecule is CC(=O)NC1COCC(CO)[C@@H](O)C1. The lowest BCUT2D eigenvalue weighted by atomic mass is 9.99. The van der Waals surface area contributed by atoms with E-state index in [0.29, 0.717) is 19.6 Å². The number of amides is 1. The Labute approximate surface area is 83.1 Å². The summed E-state index contributed by atoms with van der Waals surface area (Å²) < 4.78 is 5.25. The molecule has 0 spiro atoms. The fourth-order valence-electron chi connectivity index (χ4n) is 1.59. The first-order chi connectivity index (χ1) is 6.63. The number of ether oxygens (including phenoxy) is 1. The molecule has 1 fully saturated rings. The van der Waals surface area contributed by atoms with Crippen LogP contribution in [-0.4, -0.2) is 48.1 Å². The summed E-state index contributed by atoms with van der Waals surface area (Å²) in [5.41, 5.74) is 0. The van der Waals surface area contributed by atoms with Crippen LogP contribution in [0.25, 0.3) is 0 Å². The molecule has 0 aromatic carbocycles. The third-order valence-electron chi connectivity index (χ3n) is 2.36. The molecule has 0 aromatic heterocycles. The van der Waals surface area contributed by atoms with E-state index in [1.54, 1.807) is 0 Å². The van der Waals surface area contributed by atoms with Crippen molar-refractivity contribution in [3.63, 3.8) is 0 Å². The van der Waals surface area contributed by atoms with E-state index < -0.39 is 6.10 Å². The molecular formula is C9H17NO4. The van der Waals surface area contributed by atoms with Crippen LogP contribution >= 0.6 is 0 Å². The van der Waals surface area contributed by atoms with Gasteiger partial charge in [-0.2, -0.15) is 0 Å². The number of hydrogen-bond donors (Lipinski definition) is 3.